The van der Waals surface area contributed by atoms with Crippen molar-refractivity contribution in [2.75, 3.05) is 0 Å². The molecule has 1 aromatic carbocycles. The van der Waals surface area contributed by atoms with Crippen LogP contribution in [-0.2, 0) is 15.6 Å². The van der Waals surface area contributed by atoms with E-state index in [2.05, 4.69) is 52.9 Å². The van der Waals surface area contributed by atoms with Crippen LogP contribution < -0.4 is 4.74 Å². The third-order valence-electron chi connectivity index (χ3n) is 3.59. The zero-order valence-corrected chi connectivity index (χ0v) is 16.7. The lowest BCUT2D eigenvalue weighted by atomic mass is 9.84. The molecule has 0 aliphatic rings. The Morgan fingerprint density at radius 1 is 1.22 bits per heavy atom. The van der Waals surface area contributed by atoms with Gasteiger partial charge in [-0.2, -0.15) is 0 Å². The lowest BCUT2D eigenvalue weighted by Gasteiger charge is -2.33. The minimum Gasteiger partial charge on any atom is -0.426 e. The van der Waals surface area contributed by atoms with E-state index in [0.29, 0.717) is 12.2 Å². The molecule has 4 heteroatoms. The molecule has 1 unspecified atom stereocenters. The molecule has 1 aromatic rings. The lowest BCUT2D eigenvalue weighted by Crippen LogP contribution is -2.26. The molecule has 3 nitrogen and oxygen atoms in total. The molecule has 0 aliphatic heterocycles. The highest BCUT2D eigenvalue weighted by Crippen LogP contribution is 2.41. The van der Waals surface area contributed by atoms with Gasteiger partial charge in [0, 0.05) is 12.0 Å². The van der Waals surface area contributed by atoms with Crippen molar-refractivity contribution in [2.24, 2.45) is 5.41 Å². The van der Waals surface area contributed by atoms with Gasteiger partial charge in [-0.15, -0.1) is 0 Å². The molecule has 0 saturated carbocycles. The number of hydrogen-bond donors (Lipinski definition) is 0. The van der Waals surface area contributed by atoms with Crippen molar-refractivity contribution in [2.45, 2.75) is 73.1 Å². The summed E-state index contributed by atoms with van der Waals surface area (Å²) in [5, 5.41) is 0. The van der Waals surface area contributed by atoms with E-state index in [0.717, 1.165) is 18.4 Å². The van der Waals surface area contributed by atoms with Crippen molar-refractivity contribution in [3.63, 3.8) is 0 Å². The maximum Gasteiger partial charge on any atom is 0.311 e. The topological polar surface area (TPSA) is 35.5 Å². The maximum absolute atomic E-state index is 12.0. The van der Waals surface area contributed by atoms with Crippen molar-refractivity contribution in [1.82, 2.24) is 0 Å². The number of benzene rings is 1. The highest BCUT2D eigenvalue weighted by Gasteiger charge is 2.31. The van der Waals surface area contributed by atoms with E-state index in [9.17, 15) is 4.79 Å². The first-order valence-electron chi connectivity index (χ1n) is 8.49. The first kappa shape index (κ1) is 19.9. The smallest absolute Gasteiger partial charge is 0.311 e. The van der Waals surface area contributed by atoms with Crippen molar-refractivity contribution < 1.29 is 14.0 Å². The number of carbonyl (C=O) groups excluding carboxylic acids is 1. The van der Waals surface area contributed by atoms with E-state index in [1.54, 1.807) is 0 Å². The Balaban J connectivity index is 3.27. The summed E-state index contributed by atoms with van der Waals surface area (Å²) in [4.78, 5) is 12.0. The van der Waals surface area contributed by atoms with Gasteiger partial charge in [0.05, 0.1) is 6.10 Å². The lowest BCUT2D eigenvalue weighted by molar-refractivity contribution is -0.134. The Morgan fingerprint density at radius 2 is 1.87 bits per heavy atom. The second-order valence-corrected chi connectivity index (χ2v) is 9.27. The molecule has 0 aliphatic carbocycles. The Labute approximate surface area is 143 Å². The van der Waals surface area contributed by atoms with E-state index in [-0.39, 0.29) is 17.5 Å². The molecule has 0 fully saturated rings. The number of ether oxygens (including phenoxy) is 1. The SMILES string of the molecule is CCCC(=O)Oc1cc(CC)ccc1C(O[Si](C)C)C(C)(C)C. The number of rotatable bonds is 7. The fourth-order valence-corrected chi connectivity index (χ4v) is 3.38. The van der Waals surface area contributed by atoms with Crippen LogP contribution in [0.2, 0.25) is 13.1 Å². The molecule has 0 aromatic heterocycles. The average Bonchev–Trinajstić information content (AvgIpc) is 2.44. The second kappa shape index (κ2) is 8.64. The first-order chi connectivity index (χ1) is 10.7. The number of aryl methyl sites for hydroxylation is 1. The third kappa shape index (κ3) is 6.11. The van der Waals surface area contributed by atoms with E-state index >= 15 is 0 Å². The predicted molar refractivity (Wildman–Crippen MR) is 97.1 cm³/mol. The molecule has 23 heavy (non-hydrogen) atoms. The first-order valence-corrected chi connectivity index (χ1v) is 10.9. The summed E-state index contributed by atoms with van der Waals surface area (Å²) in [6.45, 7) is 14.8. The van der Waals surface area contributed by atoms with Crippen molar-refractivity contribution in [3.05, 3.63) is 29.3 Å². The van der Waals surface area contributed by atoms with Crippen molar-refractivity contribution >= 4 is 15.0 Å². The van der Waals surface area contributed by atoms with Crippen LogP contribution in [0.3, 0.4) is 0 Å². The van der Waals surface area contributed by atoms with E-state index in [1.165, 1.54) is 5.56 Å². The van der Waals surface area contributed by atoms with Crippen LogP contribution in [0, 0.1) is 5.41 Å². The Bertz CT molecular complexity index is 518. The summed E-state index contributed by atoms with van der Waals surface area (Å²) in [6.07, 6.45) is 2.06. The standard InChI is InChI=1S/C19H31O3Si/c1-8-10-17(20)21-16-13-14(9-2)11-12-15(16)18(19(3,4)5)22-23(6)7/h11-13,18H,8-10H2,1-7H3. The van der Waals surface area contributed by atoms with E-state index < -0.39 is 9.04 Å². The quantitative estimate of drug-likeness (QED) is 0.385. The van der Waals surface area contributed by atoms with Gasteiger partial charge in [0.2, 0.25) is 9.04 Å². The van der Waals surface area contributed by atoms with Gasteiger partial charge in [0.25, 0.3) is 0 Å². The van der Waals surface area contributed by atoms with Crippen LogP contribution in [0.15, 0.2) is 18.2 Å². The highest BCUT2D eigenvalue weighted by molar-refractivity contribution is 6.48. The molecule has 0 amide bonds. The summed E-state index contributed by atoms with van der Waals surface area (Å²) in [5.74, 6) is 0.485. The van der Waals surface area contributed by atoms with Gasteiger partial charge in [-0.25, -0.2) is 0 Å². The Hall–Kier alpha value is -1.13. The van der Waals surface area contributed by atoms with Crippen molar-refractivity contribution in [3.8, 4) is 5.75 Å². The second-order valence-electron chi connectivity index (χ2n) is 7.22. The number of hydrogen-bond acceptors (Lipinski definition) is 3. The van der Waals surface area contributed by atoms with Crippen LogP contribution in [0.4, 0.5) is 0 Å². The monoisotopic (exact) mass is 335 g/mol. The zero-order chi connectivity index (χ0) is 17.6. The summed E-state index contributed by atoms with van der Waals surface area (Å²) < 4.78 is 11.9. The minimum absolute atomic E-state index is 0.0679. The molecular formula is C19H31O3Si. The molecule has 0 bridgehead atoms. The molecule has 129 valence electrons. The molecule has 1 rings (SSSR count). The van der Waals surface area contributed by atoms with Crippen LogP contribution in [0.5, 0.6) is 5.75 Å². The average molecular weight is 336 g/mol. The fourth-order valence-electron chi connectivity index (χ4n) is 2.42. The van der Waals surface area contributed by atoms with Gasteiger partial charge < -0.3 is 9.16 Å². The molecule has 0 heterocycles. The van der Waals surface area contributed by atoms with Gasteiger partial charge in [0.15, 0.2) is 0 Å². The van der Waals surface area contributed by atoms with Crippen LogP contribution in [0.25, 0.3) is 0 Å². The highest BCUT2D eigenvalue weighted by atomic mass is 28.3. The Morgan fingerprint density at radius 3 is 2.35 bits per heavy atom. The third-order valence-corrected chi connectivity index (χ3v) is 4.29. The maximum atomic E-state index is 12.0. The summed E-state index contributed by atoms with van der Waals surface area (Å²) >= 11 is 0. The van der Waals surface area contributed by atoms with Crippen molar-refractivity contribution in [1.29, 1.82) is 0 Å². The molecule has 1 radical (unpaired) electrons. The number of carbonyl (C=O) groups is 1. The van der Waals surface area contributed by atoms with Crippen LogP contribution in [0.1, 0.15) is 64.7 Å². The van der Waals surface area contributed by atoms with Crippen LogP contribution >= 0.6 is 0 Å². The Kier molecular flexibility index (Phi) is 7.48. The largest absolute Gasteiger partial charge is 0.426 e. The van der Waals surface area contributed by atoms with Gasteiger partial charge in [0.1, 0.15) is 5.75 Å². The van der Waals surface area contributed by atoms with E-state index in [4.69, 9.17) is 9.16 Å². The predicted octanol–water partition coefficient (Wildman–Crippen LogP) is 5.31. The molecule has 1 atom stereocenters. The zero-order valence-electron chi connectivity index (χ0n) is 15.7. The van der Waals surface area contributed by atoms with E-state index in [1.807, 2.05) is 13.0 Å². The molecule has 0 N–H and O–H groups in total. The van der Waals surface area contributed by atoms with Gasteiger partial charge in [-0.1, -0.05) is 46.8 Å². The molecular weight excluding hydrogens is 304 g/mol. The van der Waals surface area contributed by atoms with Gasteiger partial charge >= 0.3 is 5.97 Å². The number of esters is 1. The summed E-state index contributed by atoms with van der Waals surface area (Å²) in [7, 11) is -0.873. The normalized spacial score (nSPS) is 13.2. The van der Waals surface area contributed by atoms with Crippen LogP contribution in [-0.4, -0.2) is 15.0 Å². The molecule has 0 spiro atoms. The summed E-state index contributed by atoms with van der Waals surface area (Å²) in [6, 6.07) is 6.16. The molecule has 0 saturated heterocycles. The van der Waals surface area contributed by atoms with Gasteiger partial charge in [-0.3, -0.25) is 4.79 Å². The fraction of sp³-hybridized carbons (Fsp3) is 0.632. The minimum atomic E-state index is -0.873. The van der Waals surface area contributed by atoms with Gasteiger partial charge in [-0.05, 0) is 43.0 Å². The summed E-state index contributed by atoms with van der Waals surface area (Å²) in [5.41, 5.74) is 2.08.